The van der Waals surface area contributed by atoms with E-state index < -0.39 is 35.6 Å². The molecule has 0 spiro atoms. The van der Waals surface area contributed by atoms with E-state index in [1.165, 1.54) is 11.0 Å². The van der Waals surface area contributed by atoms with Crippen LogP contribution < -0.4 is 10.6 Å². The van der Waals surface area contributed by atoms with Crippen LogP contribution in [0.15, 0.2) is 48.5 Å². The number of benzene rings is 2. The molecule has 2 aromatic rings. The van der Waals surface area contributed by atoms with E-state index in [1.807, 2.05) is 52.8 Å². The fourth-order valence-corrected chi connectivity index (χ4v) is 4.17. The Morgan fingerprint density at radius 3 is 2.16 bits per heavy atom. The molecule has 0 saturated heterocycles. The maximum Gasteiger partial charge on any atom is 0.408 e. The zero-order chi connectivity index (χ0) is 28.6. The number of ether oxygens (including phenoxy) is 1. The average molecular weight is 526 g/mol. The van der Waals surface area contributed by atoms with Gasteiger partial charge >= 0.3 is 6.09 Å². The Morgan fingerprint density at radius 1 is 1.00 bits per heavy atom. The summed E-state index contributed by atoms with van der Waals surface area (Å²) >= 11 is 0. The number of carbonyl (C=O) groups is 3. The first kappa shape index (κ1) is 30.7. The van der Waals surface area contributed by atoms with Crippen molar-refractivity contribution in [2.75, 3.05) is 5.32 Å². The molecule has 3 amide bonds. The van der Waals surface area contributed by atoms with Gasteiger partial charge in [0.2, 0.25) is 5.91 Å². The molecule has 38 heavy (non-hydrogen) atoms. The molecule has 2 rings (SSSR count). The van der Waals surface area contributed by atoms with Crippen LogP contribution in [0, 0.1) is 12.8 Å². The number of nitrogens with one attached hydrogen (secondary N) is 2. The van der Waals surface area contributed by atoms with Gasteiger partial charge in [0.25, 0.3) is 5.91 Å². The highest BCUT2D eigenvalue weighted by Gasteiger charge is 2.39. The second-order valence-corrected chi connectivity index (χ2v) is 11.1. The zero-order valence-electron chi connectivity index (χ0n) is 23.9. The second kappa shape index (κ2) is 13.3. The number of carbonyl (C=O) groups excluding carboxylic acids is 3. The molecule has 3 N–H and O–H groups in total. The lowest BCUT2D eigenvalue weighted by molar-refractivity contribution is -0.143. The van der Waals surface area contributed by atoms with Crippen LogP contribution in [0.1, 0.15) is 78.5 Å². The van der Waals surface area contributed by atoms with Gasteiger partial charge in [-0.3, -0.25) is 9.59 Å². The van der Waals surface area contributed by atoms with Crippen molar-refractivity contribution < 1.29 is 24.2 Å². The number of hydrogen-bond acceptors (Lipinski definition) is 5. The SMILES string of the molecule is CCC(C)N(C(=O)C(CC(C)C)NC(=O)OC(C)(C)C)C(C(=O)Nc1ccccc1C)c1ccccc1O. The maximum atomic E-state index is 14.2. The molecule has 0 saturated carbocycles. The summed E-state index contributed by atoms with van der Waals surface area (Å²) in [4.78, 5) is 42.3. The van der Waals surface area contributed by atoms with Crippen LogP contribution in [0.3, 0.4) is 0 Å². The van der Waals surface area contributed by atoms with E-state index in [0.717, 1.165) is 5.56 Å². The minimum atomic E-state index is -1.15. The molecule has 0 radical (unpaired) electrons. The molecule has 3 unspecified atom stereocenters. The van der Waals surface area contributed by atoms with Gasteiger partial charge in [-0.15, -0.1) is 0 Å². The molecule has 0 fully saturated rings. The van der Waals surface area contributed by atoms with Crippen molar-refractivity contribution in [1.82, 2.24) is 10.2 Å². The Hall–Kier alpha value is -3.55. The predicted molar refractivity (Wildman–Crippen MR) is 150 cm³/mol. The lowest BCUT2D eigenvalue weighted by Gasteiger charge is -2.38. The van der Waals surface area contributed by atoms with E-state index in [0.29, 0.717) is 24.1 Å². The highest BCUT2D eigenvalue weighted by Crippen LogP contribution is 2.33. The topological polar surface area (TPSA) is 108 Å². The van der Waals surface area contributed by atoms with Gasteiger partial charge in [-0.1, -0.05) is 57.2 Å². The van der Waals surface area contributed by atoms with Crippen LogP contribution >= 0.6 is 0 Å². The van der Waals surface area contributed by atoms with Gasteiger partial charge in [0.1, 0.15) is 23.4 Å². The number of amides is 3. The van der Waals surface area contributed by atoms with Gasteiger partial charge in [-0.25, -0.2) is 4.79 Å². The quantitative estimate of drug-likeness (QED) is 0.355. The molecule has 0 aliphatic carbocycles. The van der Waals surface area contributed by atoms with Gasteiger partial charge in [0.15, 0.2) is 0 Å². The summed E-state index contributed by atoms with van der Waals surface area (Å²) in [5.41, 5.74) is 1.04. The Kier molecular flexibility index (Phi) is 10.7. The maximum absolute atomic E-state index is 14.2. The summed E-state index contributed by atoms with van der Waals surface area (Å²) in [6, 6.07) is 11.4. The first-order valence-electron chi connectivity index (χ1n) is 13.2. The van der Waals surface area contributed by atoms with Gasteiger partial charge in [-0.05, 0) is 71.1 Å². The minimum absolute atomic E-state index is 0.0713. The number of aromatic hydroxyl groups is 1. The van der Waals surface area contributed by atoms with Crippen LogP contribution in [-0.4, -0.2) is 45.6 Å². The van der Waals surface area contributed by atoms with Crippen molar-refractivity contribution in [3.8, 4) is 5.75 Å². The molecule has 0 aliphatic heterocycles. The van der Waals surface area contributed by atoms with Crippen molar-refractivity contribution in [3.05, 3.63) is 59.7 Å². The summed E-state index contributed by atoms with van der Waals surface area (Å²) in [5.74, 6) is -0.914. The first-order valence-corrected chi connectivity index (χ1v) is 13.2. The van der Waals surface area contributed by atoms with Crippen LogP contribution in [-0.2, 0) is 14.3 Å². The van der Waals surface area contributed by atoms with Gasteiger partial charge in [0, 0.05) is 17.3 Å². The number of rotatable bonds is 10. The smallest absolute Gasteiger partial charge is 0.408 e. The van der Waals surface area contributed by atoms with Crippen LogP contribution in [0.5, 0.6) is 5.75 Å². The zero-order valence-corrected chi connectivity index (χ0v) is 23.9. The third kappa shape index (κ3) is 8.50. The van der Waals surface area contributed by atoms with Crippen LogP contribution in [0.25, 0.3) is 0 Å². The number of hydrogen-bond donors (Lipinski definition) is 3. The van der Waals surface area contributed by atoms with E-state index >= 15 is 0 Å². The van der Waals surface area contributed by atoms with E-state index in [-0.39, 0.29) is 17.7 Å². The third-order valence-corrected chi connectivity index (χ3v) is 6.18. The monoisotopic (exact) mass is 525 g/mol. The average Bonchev–Trinajstić information content (AvgIpc) is 2.81. The number of nitrogens with zero attached hydrogens (tertiary/aromatic N) is 1. The van der Waals surface area contributed by atoms with Gasteiger partial charge in [-0.2, -0.15) is 0 Å². The predicted octanol–water partition coefficient (Wildman–Crippen LogP) is 5.95. The largest absolute Gasteiger partial charge is 0.508 e. The Bertz CT molecular complexity index is 1110. The minimum Gasteiger partial charge on any atom is -0.508 e. The van der Waals surface area contributed by atoms with E-state index in [1.54, 1.807) is 45.0 Å². The summed E-state index contributed by atoms with van der Waals surface area (Å²) in [6.07, 6.45) is 0.191. The molecular weight excluding hydrogens is 482 g/mol. The van der Waals surface area contributed by atoms with Crippen molar-refractivity contribution in [2.45, 2.75) is 92.0 Å². The number of anilines is 1. The molecular formula is C30H43N3O5. The van der Waals surface area contributed by atoms with Crippen LogP contribution in [0.4, 0.5) is 10.5 Å². The number of phenols is 1. The van der Waals surface area contributed by atoms with Crippen molar-refractivity contribution in [1.29, 1.82) is 0 Å². The molecule has 0 aliphatic rings. The molecule has 8 nitrogen and oxygen atoms in total. The normalized spacial score (nSPS) is 13.8. The molecule has 0 aromatic heterocycles. The van der Waals surface area contributed by atoms with E-state index in [9.17, 15) is 19.5 Å². The lowest BCUT2D eigenvalue weighted by atomic mass is 9.96. The van der Waals surface area contributed by atoms with Crippen molar-refractivity contribution >= 4 is 23.6 Å². The van der Waals surface area contributed by atoms with Crippen molar-refractivity contribution in [2.24, 2.45) is 5.92 Å². The fourth-order valence-electron chi connectivity index (χ4n) is 4.17. The van der Waals surface area contributed by atoms with Crippen LogP contribution in [0.2, 0.25) is 0 Å². The summed E-state index contributed by atoms with van der Waals surface area (Å²) in [5, 5.41) is 16.5. The standard InChI is InChI=1S/C30H43N3O5/c1-9-21(5)33(28(36)24(18-19(2)3)32-29(37)38-30(6,7)8)26(22-15-11-13-17-25(22)34)27(35)31-23-16-12-10-14-20(23)4/h10-17,19,21,24,26,34H,9,18H2,1-8H3,(H,31,35)(H,32,37). The summed E-state index contributed by atoms with van der Waals surface area (Å²) < 4.78 is 5.43. The molecule has 8 heteroatoms. The number of aryl methyl sites for hydroxylation is 1. The Morgan fingerprint density at radius 2 is 1.61 bits per heavy atom. The Balaban J connectivity index is 2.59. The first-order chi connectivity index (χ1) is 17.7. The Labute approximate surface area is 226 Å². The summed E-state index contributed by atoms with van der Waals surface area (Å²) in [6.45, 7) is 14.8. The molecule has 0 bridgehead atoms. The molecule has 208 valence electrons. The van der Waals surface area contributed by atoms with Crippen molar-refractivity contribution in [3.63, 3.8) is 0 Å². The molecule has 0 heterocycles. The summed E-state index contributed by atoms with van der Waals surface area (Å²) in [7, 11) is 0. The molecule has 3 atom stereocenters. The number of phenolic OH excluding ortho intramolecular Hbond substituents is 1. The fraction of sp³-hybridized carbons (Fsp3) is 0.500. The van der Waals surface area contributed by atoms with Gasteiger partial charge in [0.05, 0.1) is 0 Å². The number of alkyl carbamates (subject to hydrolysis) is 1. The highest BCUT2D eigenvalue weighted by molar-refractivity contribution is 5.99. The third-order valence-electron chi connectivity index (χ3n) is 6.18. The van der Waals surface area contributed by atoms with E-state index in [2.05, 4.69) is 10.6 Å². The number of para-hydroxylation sites is 2. The highest BCUT2D eigenvalue weighted by atomic mass is 16.6. The second-order valence-electron chi connectivity index (χ2n) is 11.1. The van der Waals surface area contributed by atoms with Gasteiger partial charge < -0.3 is 25.4 Å². The van der Waals surface area contributed by atoms with E-state index in [4.69, 9.17) is 4.74 Å². The molecule has 2 aromatic carbocycles. The lowest BCUT2D eigenvalue weighted by Crippen LogP contribution is -2.55.